The van der Waals surface area contributed by atoms with E-state index in [1.807, 2.05) is 0 Å². The van der Waals surface area contributed by atoms with Crippen molar-refractivity contribution in [3.05, 3.63) is 46.9 Å². The number of nitrogens with zero attached hydrogens (tertiary/aromatic N) is 3. The minimum Gasteiger partial charge on any atom is -0.454 e. The maximum absolute atomic E-state index is 12.7. The van der Waals surface area contributed by atoms with Gasteiger partial charge in [-0.15, -0.1) is 0 Å². The Labute approximate surface area is 172 Å². The molecule has 0 spiro atoms. The molecular weight excluding hydrogens is 412 g/mol. The highest BCUT2D eigenvalue weighted by Gasteiger charge is 2.36. The van der Waals surface area contributed by atoms with Crippen molar-refractivity contribution in [1.29, 1.82) is 0 Å². The number of ether oxygens (including phenoxy) is 2. The highest BCUT2D eigenvalue weighted by atomic mass is 32.2. The Kier molecular flexibility index (Phi) is 4.36. The molecule has 2 aliphatic rings. The summed E-state index contributed by atoms with van der Waals surface area (Å²) in [6.07, 6.45) is 1.58. The molecule has 0 radical (unpaired) electrons. The normalized spacial score (nSPS) is 16.7. The van der Waals surface area contributed by atoms with Crippen LogP contribution in [0.5, 0.6) is 11.5 Å². The number of benzene rings is 2. The molecule has 3 heterocycles. The third-order valence-electron chi connectivity index (χ3n) is 4.43. The van der Waals surface area contributed by atoms with Crippen molar-refractivity contribution >= 4 is 51.6 Å². The number of carbonyl (C=O) groups is 3. The largest absolute Gasteiger partial charge is 0.454 e. The second-order valence-electron chi connectivity index (χ2n) is 6.37. The van der Waals surface area contributed by atoms with Gasteiger partial charge in [-0.1, -0.05) is 12.1 Å². The van der Waals surface area contributed by atoms with Crippen molar-refractivity contribution in [3.63, 3.8) is 0 Å². The zero-order valence-electron chi connectivity index (χ0n) is 15.2. The van der Waals surface area contributed by atoms with Gasteiger partial charge >= 0.3 is 0 Å². The molecule has 3 amide bonds. The molecule has 1 saturated heterocycles. The van der Waals surface area contributed by atoms with E-state index in [9.17, 15) is 14.4 Å². The third kappa shape index (κ3) is 3.24. The first-order valence-electron chi connectivity index (χ1n) is 8.74. The van der Waals surface area contributed by atoms with E-state index in [4.69, 9.17) is 9.47 Å². The molecule has 2 aromatic carbocycles. The molecule has 150 valence electrons. The number of carbonyl (C=O) groups excluding carboxylic acids is 3. The smallest absolute Gasteiger partial charge is 0.294 e. The molecule has 11 heteroatoms. The van der Waals surface area contributed by atoms with Gasteiger partial charge in [0, 0.05) is 0 Å². The zero-order chi connectivity index (χ0) is 20.7. The third-order valence-corrected chi connectivity index (χ3v) is 5.34. The van der Waals surface area contributed by atoms with E-state index >= 15 is 0 Å². The summed E-state index contributed by atoms with van der Waals surface area (Å²) in [6, 6.07) is 10.2. The number of nitrogens with one attached hydrogen (secondary N) is 1. The molecule has 0 saturated carbocycles. The summed E-state index contributed by atoms with van der Waals surface area (Å²) in [5, 5.41) is 9.54. The topological polar surface area (TPSA) is 124 Å². The number of imide groups is 1. The quantitative estimate of drug-likeness (QED) is 0.629. The second-order valence-corrected chi connectivity index (χ2v) is 7.36. The standard InChI is InChI=1S/C19H12N4O6S/c24-16(20-11-2-1-3-12-17(11)22-29-21-12)8-23-18(25)15(30-19(23)26)7-10-4-5-13-14(6-10)28-9-27-13/h1-7H,8-9H2,(H,20,24)/b15-7-. The monoisotopic (exact) mass is 424 g/mol. The lowest BCUT2D eigenvalue weighted by atomic mass is 10.2. The van der Waals surface area contributed by atoms with E-state index in [2.05, 4.69) is 20.3 Å². The lowest BCUT2D eigenvalue weighted by Gasteiger charge is -2.12. The number of hydrogen-bond acceptors (Lipinski definition) is 9. The fourth-order valence-corrected chi connectivity index (χ4v) is 3.87. The molecule has 1 fully saturated rings. The van der Waals surface area contributed by atoms with Gasteiger partial charge in [0.1, 0.15) is 12.1 Å². The Bertz CT molecular complexity index is 1240. The number of thioether (sulfide) groups is 1. The predicted octanol–water partition coefficient (Wildman–Crippen LogP) is 2.63. The van der Waals surface area contributed by atoms with Crippen molar-refractivity contribution in [2.75, 3.05) is 18.7 Å². The summed E-state index contributed by atoms with van der Waals surface area (Å²) in [7, 11) is 0. The minimum absolute atomic E-state index is 0.141. The summed E-state index contributed by atoms with van der Waals surface area (Å²) in [5.74, 6) is 0.101. The molecule has 0 bridgehead atoms. The van der Waals surface area contributed by atoms with Crippen LogP contribution in [0.15, 0.2) is 45.9 Å². The van der Waals surface area contributed by atoms with Gasteiger partial charge in [-0.25, -0.2) is 4.63 Å². The average Bonchev–Trinajstić information content (AvgIpc) is 3.44. The van der Waals surface area contributed by atoms with Crippen LogP contribution in [0, 0.1) is 0 Å². The van der Waals surface area contributed by atoms with E-state index in [1.54, 1.807) is 42.5 Å². The van der Waals surface area contributed by atoms with E-state index in [1.165, 1.54) is 0 Å². The Morgan fingerprint density at radius 1 is 1.17 bits per heavy atom. The number of rotatable bonds is 4. The lowest BCUT2D eigenvalue weighted by Crippen LogP contribution is -2.36. The SMILES string of the molecule is O=C(CN1C(=O)S/C(=C\c2ccc3c(c2)OCO3)C1=O)Nc1cccc2nonc12. The molecule has 0 unspecified atom stereocenters. The minimum atomic E-state index is -0.544. The van der Waals surface area contributed by atoms with Gasteiger partial charge in [0.05, 0.1) is 10.6 Å². The van der Waals surface area contributed by atoms with Crippen LogP contribution in [0.4, 0.5) is 10.5 Å². The van der Waals surface area contributed by atoms with Gasteiger partial charge in [-0.05, 0) is 58.0 Å². The van der Waals surface area contributed by atoms with Gasteiger partial charge in [0.25, 0.3) is 11.1 Å². The van der Waals surface area contributed by atoms with Crippen LogP contribution in [0.1, 0.15) is 5.56 Å². The fourth-order valence-electron chi connectivity index (χ4n) is 3.03. The van der Waals surface area contributed by atoms with Crippen LogP contribution >= 0.6 is 11.8 Å². The molecule has 0 aliphatic carbocycles. The van der Waals surface area contributed by atoms with Gasteiger partial charge in [-0.3, -0.25) is 19.3 Å². The van der Waals surface area contributed by atoms with E-state index in [0.717, 1.165) is 16.7 Å². The average molecular weight is 424 g/mol. The van der Waals surface area contributed by atoms with Gasteiger partial charge in [0.2, 0.25) is 12.7 Å². The zero-order valence-corrected chi connectivity index (χ0v) is 16.0. The molecule has 10 nitrogen and oxygen atoms in total. The molecule has 3 aromatic rings. The number of hydrogen-bond donors (Lipinski definition) is 1. The van der Waals surface area contributed by atoms with Crippen LogP contribution in [-0.2, 0) is 9.59 Å². The van der Waals surface area contributed by atoms with Crippen LogP contribution in [0.2, 0.25) is 0 Å². The van der Waals surface area contributed by atoms with Crippen LogP contribution in [-0.4, -0.2) is 45.6 Å². The maximum Gasteiger partial charge on any atom is 0.294 e. The predicted molar refractivity (Wildman–Crippen MR) is 106 cm³/mol. The van der Waals surface area contributed by atoms with E-state index < -0.39 is 23.6 Å². The molecular formula is C19H12N4O6S. The van der Waals surface area contributed by atoms with Gasteiger partial charge < -0.3 is 14.8 Å². The molecule has 30 heavy (non-hydrogen) atoms. The van der Waals surface area contributed by atoms with Crippen molar-refractivity contribution in [1.82, 2.24) is 15.2 Å². The molecule has 0 atom stereocenters. The van der Waals surface area contributed by atoms with E-state index in [0.29, 0.717) is 33.8 Å². The first-order chi connectivity index (χ1) is 14.6. The molecule has 1 aromatic heterocycles. The van der Waals surface area contributed by atoms with E-state index in [-0.39, 0.29) is 11.7 Å². The van der Waals surface area contributed by atoms with Crippen LogP contribution in [0.25, 0.3) is 17.1 Å². The number of fused-ring (bicyclic) bond motifs is 2. The number of anilines is 1. The number of amides is 3. The molecule has 2 aliphatic heterocycles. The van der Waals surface area contributed by atoms with Crippen molar-refractivity contribution in [2.45, 2.75) is 0 Å². The maximum atomic E-state index is 12.7. The Balaban J connectivity index is 1.31. The summed E-state index contributed by atoms with van der Waals surface area (Å²) in [4.78, 5) is 38.5. The summed E-state index contributed by atoms with van der Waals surface area (Å²) in [5.41, 5.74) is 1.91. The summed E-state index contributed by atoms with van der Waals surface area (Å²) in [6.45, 7) is -0.284. The van der Waals surface area contributed by atoms with Gasteiger partial charge in [0.15, 0.2) is 17.0 Å². The molecule has 1 N–H and O–H groups in total. The van der Waals surface area contributed by atoms with Crippen LogP contribution in [0.3, 0.4) is 0 Å². The van der Waals surface area contributed by atoms with Crippen molar-refractivity contribution < 1.29 is 28.5 Å². The highest BCUT2D eigenvalue weighted by Crippen LogP contribution is 2.36. The Hall–Kier alpha value is -3.86. The first kappa shape index (κ1) is 18.2. The molecule has 5 rings (SSSR count). The Morgan fingerprint density at radius 2 is 2.03 bits per heavy atom. The number of aromatic nitrogens is 2. The fraction of sp³-hybridized carbons (Fsp3) is 0.105. The first-order valence-corrected chi connectivity index (χ1v) is 9.56. The van der Waals surface area contributed by atoms with Crippen molar-refractivity contribution in [3.8, 4) is 11.5 Å². The van der Waals surface area contributed by atoms with Crippen LogP contribution < -0.4 is 14.8 Å². The van der Waals surface area contributed by atoms with Crippen molar-refractivity contribution in [2.24, 2.45) is 0 Å². The van der Waals surface area contributed by atoms with Gasteiger partial charge in [-0.2, -0.15) is 0 Å². The highest BCUT2D eigenvalue weighted by molar-refractivity contribution is 8.18. The second kappa shape index (κ2) is 7.19. The summed E-state index contributed by atoms with van der Waals surface area (Å²) >= 11 is 0.771. The Morgan fingerprint density at radius 3 is 2.93 bits per heavy atom. The summed E-state index contributed by atoms with van der Waals surface area (Å²) < 4.78 is 15.2. The lowest BCUT2D eigenvalue weighted by molar-refractivity contribution is -0.127.